The van der Waals surface area contributed by atoms with E-state index >= 15 is 0 Å². The van der Waals surface area contributed by atoms with Crippen molar-refractivity contribution in [1.82, 2.24) is 10.3 Å². The van der Waals surface area contributed by atoms with E-state index in [1.807, 2.05) is 24.3 Å². The average molecular weight is 478 g/mol. The number of nitrogens with zero attached hydrogens (tertiary/aromatic N) is 1. The van der Waals surface area contributed by atoms with Crippen molar-refractivity contribution in [2.24, 2.45) is 0 Å². The average Bonchev–Trinajstić information content (AvgIpc) is 3.25. The maximum absolute atomic E-state index is 13.0. The van der Waals surface area contributed by atoms with Crippen molar-refractivity contribution in [3.63, 3.8) is 0 Å². The normalized spacial score (nSPS) is 11.7. The van der Waals surface area contributed by atoms with E-state index in [0.29, 0.717) is 5.56 Å². The molecule has 0 aliphatic rings. The van der Waals surface area contributed by atoms with Crippen LogP contribution in [0.3, 0.4) is 0 Å². The number of hydrogen-bond acceptors (Lipinski definition) is 5. The smallest absolute Gasteiger partial charge is 0.329 e. The first kappa shape index (κ1) is 23.0. The number of H-pyrrole nitrogens is 1. The predicted octanol–water partition coefficient (Wildman–Crippen LogP) is 4.81. The molecule has 2 N–H and O–H groups in total. The number of carbonyl (C=O) groups is 2. The Morgan fingerprint density at radius 1 is 1.06 bits per heavy atom. The van der Waals surface area contributed by atoms with Crippen LogP contribution in [0.25, 0.3) is 10.9 Å². The second kappa shape index (κ2) is 10.2. The van der Waals surface area contributed by atoms with Gasteiger partial charge in [0.25, 0.3) is 11.6 Å². The van der Waals surface area contributed by atoms with Crippen molar-refractivity contribution in [1.29, 1.82) is 0 Å². The Labute approximate surface area is 199 Å². The molecule has 0 aliphatic heterocycles. The fourth-order valence-electron chi connectivity index (χ4n) is 3.61. The Kier molecular flexibility index (Phi) is 6.89. The number of hydrogen-bond donors (Lipinski definition) is 2. The van der Waals surface area contributed by atoms with E-state index in [0.717, 1.165) is 16.5 Å². The summed E-state index contributed by atoms with van der Waals surface area (Å²) in [7, 11) is 0. The summed E-state index contributed by atoms with van der Waals surface area (Å²) in [5.74, 6) is -1.18. The third-order valence-corrected chi connectivity index (χ3v) is 5.64. The molecule has 0 saturated carbocycles. The molecule has 1 atom stereocenters. The van der Waals surface area contributed by atoms with Crippen molar-refractivity contribution >= 4 is 40.1 Å². The Hall–Kier alpha value is -4.17. The number of carbonyl (C=O) groups excluding carboxylic acids is 2. The van der Waals surface area contributed by atoms with E-state index in [2.05, 4.69) is 10.3 Å². The number of rotatable bonds is 8. The van der Waals surface area contributed by atoms with Crippen LogP contribution in [0, 0.1) is 10.1 Å². The summed E-state index contributed by atoms with van der Waals surface area (Å²) < 4.78 is 5.43. The molecule has 0 bridgehead atoms. The van der Waals surface area contributed by atoms with Gasteiger partial charge in [0.1, 0.15) is 12.6 Å². The summed E-state index contributed by atoms with van der Waals surface area (Å²) in [6.45, 7) is -0.174. The third kappa shape index (κ3) is 5.24. The minimum Gasteiger partial charge on any atom is -0.459 e. The zero-order valence-corrected chi connectivity index (χ0v) is 18.6. The molecule has 0 radical (unpaired) electrons. The summed E-state index contributed by atoms with van der Waals surface area (Å²) in [6, 6.07) is 19.0. The lowest BCUT2D eigenvalue weighted by molar-refractivity contribution is -0.384. The number of non-ortho nitro benzene ring substituents is 1. The number of para-hydroxylation sites is 1. The van der Waals surface area contributed by atoms with Gasteiger partial charge in [0.05, 0.1) is 15.5 Å². The molecule has 0 fully saturated rings. The topological polar surface area (TPSA) is 114 Å². The van der Waals surface area contributed by atoms with Gasteiger partial charge in [-0.1, -0.05) is 54.1 Å². The monoisotopic (exact) mass is 477 g/mol. The molecule has 4 rings (SSSR count). The number of nitro groups is 1. The first-order valence-electron chi connectivity index (χ1n) is 10.4. The number of esters is 1. The zero-order chi connectivity index (χ0) is 24.1. The highest BCUT2D eigenvalue weighted by Crippen LogP contribution is 2.21. The number of nitro benzene ring substituents is 1. The van der Waals surface area contributed by atoms with E-state index in [-0.39, 0.29) is 29.3 Å². The van der Waals surface area contributed by atoms with Crippen LogP contribution in [0.4, 0.5) is 5.69 Å². The van der Waals surface area contributed by atoms with Gasteiger partial charge in [0, 0.05) is 35.7 Å². The van der Waals surface area contributed by atoms with Crippen LogP contribution in [-0.2, 0) is 22.6 Å². The number of ether oxygens (including phenoxy) is 1. The molecule has 3 aromatic carbocycles. The summed E-state index contributed by atoms with van der Waals surface area (Å²) in [5, 5.41) is 14.9. The lowest BCUT2D eigenvalue weighted by atomic mass is 10.0. The molecule has 1 amide bonds. The second-order valence-electron chi connectivity index (χ2n) is 7.60. The summed E-state index contributed by atoms with van der Waals surface area (Å²) in [5.41, 5.74) is 2.33. The van der Waals surface area contributed by atoms with Crippen molar-refractivity contribution in [3.8, 4) is 0 Å². The number of fused-ring (bicyclic) bond motifs is 1. The summed E-state index contributed by atoms with van der Waals surface area (Å²) in [4.78, 5) is 39.6. The summed E-state index contributed by atoms with van der Waals surface area (Å²) in [6.07, 6.45) is 1.96. The highest BCUT2D eigenvalue weighted by atomic mass is 35.5. The first-order valence-corrected chi connectivity index (χ1v) is 10.8. The highest BCUT2D eigenvalue weighted by molar-refractivity contribution is 6.33. The number of aromatic nitrogens is 1. The van der Waals surface area contributed by atoms with Crippen molar-refractivity contribution in [3.05, 3.63) is 111 Å². The van der Waals surface area contributed by atoms with E-state index in [1.54, 1.807) is 36.5 Å². The number of amides is 1. The Morgan fingerprint density at radius 2 is 1.82 bits per heavy atom. The number of nitrogens with one attached hydrogen (secondary N) is 2. The minimum atomic E-state index is -1.01. The SMILES string of the molecule is O=C(NC(Cc1c[nH]c2ccccc12)C(=O)OCc1cccc([N+](=O)[O-])c1)c1ccccc1Cl. The van der Waals surface area contributed by atoms with Crippen LogP contribution in [0.1, 0.15) is 21.5 Å². The van der Waals surface area contributed by atoms with Gasteiger partial charge < -0.3 is 15.0 Å². The van der Waals surface area contributed by atoms with Gasteiger partial charge in [0.15, 0.2) is 0 Å². The molecule has 1 aromatic heterocycles. The fraction of sp³-hybridized carbons (Fsp3) is 0.120. The number of aromatic amines is 1. The van der Waals surface area contributed by atoms with Crippen LogP contribution < -0.4 is 5.32 Å². The van der Waals surface area contributed by atoms with Crippen LogP contribution in [-0.4, -0.2) is 27.8 Å². The molecule has 34 heavy (non-hydrogen) atoms. The largest absolute Gasteiger partial charge is 0.459 e. The highest BCUT2D eigenvalue weighted by Gasteiger charge is 2.25. The van der Waals surface area contributed by atoms with Gasteiger partial charge in [-0.05, 0) is 29.3 Å². The maximum atomic E-state index is 13.0. The molecule has 1 heterocycles. The van der Waals surface area contributed by atoms with E-state index in [4.69, 9.17) is 16.3 Å². The molecule has 4 aromatic rings. The van der Waals surface area contributed by atoms with Crippen LogP contribution in [0.15, 0.2) is 79.0 Å². The molecular weight excluding hydrogens is 458 g/mol. The van der Waals surface area contributed by atoms with E-state index < -0.39 is 22.8 Å². The van der Waals surface area contributed by atoms with E-state index in [1.165, 1.54) is 18.2 Å². The second-order valence-corrected chi connectivity index (χ2v) is 8.01. The van der Waals surface area contributed by atoms with Crippen molar-refractivity contribution < 1.29 is 19.2 Å². The molecule has 0 aliphatic carbocycles. The minimum absolute atomic E-state index is 0.101. The lowest BCUT2D eigenvalue weighted by Crippen LogP contribution is -2.43. The van der Waals surface area contributed by atoms with Crippen molar-refractivity contribution in [2.45, 2.75) is 19.1 Å². The van der Waals surface area contributed by atoms with Gasteiger partial charge in [-0.3, -0.25) is 14.9 Å². The van der Waals surface area contributed by atoms with Crippen LogP contribution in [0.2, 0.25) is 5.02 Å². The van der Waals surface area contributed by atoms with Gasteiger partial charge in [-0.2, -0.15) is 0 Å². The fourth-order valence-corrected chi connectivity index (χ4v) is 3.83. The molecule has 8 nitrogen and oxygen atoms in total. The van der Waals surface area contributed by atoms with Gasteiger partial charge in [0.2, 0.25) is 0 Å². The maximum Gasteiger partial charge on any atom is 0.329 e. The molecule has 9 heteroatoms. The quantitative estimate of drug-likeness (QED) is 0.214. The van der Waals surface area contributed by atoms with Crippen LogP contribution in [0.5, 0.6) is 0 Å². The van der Waals surface area contributed by atoms with Gasteiger partial charge in [-0.15, -0.1) is 0 Å². The lowest BCUT2D eigenvalue weighted by Gasteiger charge is -2.18. The predicted molar refractivity (Wildman–Crippen MR) is 128 cm³/mol. The molecule has 1 unspecified atom stereocenters. The number of benzene rings is 3. The Bertz CT molecular complexity index is 1370. The zero-order valence-electron chi connectivity index (χ0n) is 17.9. The number of halogens is 1. The van der Waals surface area contributed by atoms with E-state index in [9.17, 15) is 19.7 Å². The molecule has 172 valence electrons. The molecular formula is C25H20ClN3O5. The van der Waals surface area contributed by atoms with Gasteiger partial charge >= 0.3 is 5.97 Å². The molecule has 0 saturated heterocycles. The van der Waals surface area contributed by atoms with Gasteiger partial charge in [-0.25, -0.2) is 4.79 Å². The first-order chi connectivity index (χ1) is 16.4. The Morgan fingerprint density at radius 3 is 2.62 bits per heavy atom. The van der Waals surface area contributed by atoms with Crippen molar-refractivity contribution in [2.75, 3.05) is 0 Å². The standard InChI is InChI=1S/C25H20ClN3O5/c26-21-10-3-1-9-20(21)24(30)28-23(13-17-14-27-22-11-4-2-8-19(17)22)25(31)34-15-16-6-5-7-18(12-16)29(32)33/h1-12,14,23,27H,13,15H2,(H,28,30). The molecule has 0 spiro atoms. The van der Waals surface area contributed by atoms with Crippen LogP contribution >= 0.6 is 11.6 Å². The summed E-state index contributed by atoms with van der Waals surface area (Å²) >= 11 is 6.15. The Balaban J connectivity index is 1.55. The third-order valence-electron chi connectivity index (χ3n) is 5.31.